The molecule has 2 aliphatic carbocycles. The van der Waals surface area contributed by atoms with E-state index in [1.807, 2.05) is 14.1 Å². The first-order valence-corrected chi connectivity index (χ1v) is 8.66. The number of carbonyl (C=O) groups is 1. The van der Waals surface area contributed by atoms with Gasteiger partial charge >= 0.3 is 0 Å². The van der Waals surface area contributed by atoms with E-state index in [1.165, 1.54) is 57.8 Å². The minimum absolute atomic E-state index is 0.308. The summed E-state index contributed by atoms with van der Waals surface area (Å²) in [5.41, 5.74) is 0. The molecule has 0 radical (unpaired) electrons. The van der Waals surface area contributed by atoms with Crippen molar-refractivity contribution in [3.63, 3.8) is 0 Å². The van der Waals surface area contributed by atoms with Gasteiger partial charge in [0.1, 0.15) is 0 Å². The Kier molecular flexibility index (Phi) is 6.34. The van der Waals surface area contributed by atoms with Crippen LogP contribution in [0.5, 0.6) is 0 Å². The molecular formula is C17H32N2O. The van der Waals surface area contributed by atoms with Gasteiger partial charge in [-0.05, 0) is 45.6 Å². The molecule has 3 nitrogen and oxygen atoms in total. The highest BCUT2D eigenvalue weighted by Crippen LogP contribution is 2.27. The second-order valence-electron chi connectivity index (χ2n) is 6.79. The van der Waals surface area contributed by atoms with Crippen LogP contribution in [0.25, 0.3) is 0 Å². The number of amides is 1. The summed E-state index contributed by atoms with van der Waals surface area (Å²) in [5, 5.41) is 3.37. The third kappa shape index (κ3) is 4.21. The van der Waals surface area contributed by atoms with E-state index in [0.717, 1.165) is 12.8 Å². The van der Waals surface area contributed by atoms with Gasteiger partial charge in [0.25, 0.3) is 0 Å². The van der Waals surface area contributed by atoms with Crippen molar-refractivity contribution in [3.8, 4) is 0 Å². The van der Waals surface area contributed by atoms with E-state index in [-0.39, 0.29) is 0 Å². The van der Waals surface area contributed by atoms with Crippen molar-refractivity contribution >= 4 is 5.91 Å². The molecule has 0 heterocycles. The molecule has 0 bridgehead atoms. The van der Waals surface area contributed by atoms with Gasteiger partial charge in [-0.1, -0.05) is 32.1 Å². The zero-order valence-electron chi connectivity index (χ0n) is 13.4. The Morgan fingerprint density at radius 3 is 2.00 bits per heavy atom. The van der Waals surface area contributed by atoms with Crippen LogP contribution in [0.4, 0.5) is 0 Å². The highest BCUT2D eigenvalue weighted by molar-refractivity contribution is 5.78. The molecule has 1 amide bonds. The average molecular weight is 280 g/mol. The summed E-state index contributed by atoms with van der Waals surface area (Å²) in [4.78, 5) is 14.8. The van der Waals surface area contributed by atoms with Gasteiger partial charge in [0.05, 0.1) is 0 Å². The summed E-state index contributed by atoms with van der Waals surface area (Å²) < 4.78 is 0. The van der Waals surface area contributed by atoms with Crippen molar-refractivity contribution in [2.75, 3.05) is 14.1 Å². The minimum atomic E-state index is 0.308. The lowest BCUT2D eigenvalue weighted by Crippen LogP contribution is -2.44. The molecule has 2 saturated carbocycles. The maximum atomic E-state index is 12.7. The molecule has 0 atom stereocenters. The van der Waals surface area contributed by atoms with Gasteiger partial charge in [-0.25, -0.2) is 0 Å². The molecule has 2 fully saturated rings. The number of rotatable bonds is 3. The second kappa shape index (κ2) is 8.02. The molecule has 0 unspecified atom stereocenters. The van der Waals surface area contributed by atoms with Crippen molar-refractivity contribution in [1.29, 1.82) is 0 Å². The van der Waals surface area contributed by atoms with Crippen LogP contribution in [-0.2, 0) is 4.79 Å². The molecular weight excluding hydrogens is 248 g/mol. The lowest BCUT2D eigenvalue weighted by atomic mass is 9.87. The van der Waals surface area contributed by atoms with E-state index in [9.17, 15) is 4.79 Å². The molecule has 116 valence electrons. The smallest absolute Gasteiger partial charge is 0.225 e. The van der Waals surface area contributed by atoms with Crippen LogP contribution in [0.1, 0.15) is 70.6 Å². The zero-order valence-corrected chi connectivity index (χ0v) is 13.4. The summed E-state index contributed by atoms with van der Waals surface area (Å²) >= 11 is 0. The summed E-state index contributed by atoms with van der Waals surface area (Å²) in [5.74, 6) is 0.738. The molecule has 0 aromatic rings. The largest absolute Gasteiger partial charge is 0.343 e. The predicted molar refractivity (Wildman–Crippen MR) is 83.7 cm³/mol. The van der Waals surface area contributed by atoms with Crippen molar-refractivity contribution in [1.82, 2.24) is 10.2 Å². The van der Waals surface area contributed by atoms with Crippen LogP contribution in [-0.4, -0.2) is 37.0 Å². The molecule has 0 aromatic heterocycles. The number of nitrogens with zero attached hydrogens (tertiary/aromatic N) is 1. The summed E-state index contributed by atoms with van der Waals surface area (Å²) in [7, 11) is 4.10. The number of nitrogens with one attached hydrogen (secondary N) is 1. The standard InChI is InChI=1S/C17H32N2O/c1-18-15-10-12-16(13-11-15)19(2)17(20)14-8-6-4-3-5-7-9-14/h14-16,18H,3-13H2,1-2H3. The summed E-state index contributed by atoms with van der Waals surface area (Å²) in [6.07, 6.45) is 13.5. The molecule has 1 N–H and O–H groups in total. The van der Waals surface area contributed by atoms with Gasteiger partial charge in [-0.15, -0.1) is 0 Å². The Morgan fingerprint density at radius 1 is 0.900 bits per heavy atom. The fraction of sp³-hybridized carbons (Fsp3) is 0.941. The Morgan fingerprint density at radius 2 is 1.45 bits per heavy atom. The van der Waals surface area contributed by atoms with Gasteiger partial charge in [0.2, 0.25) is 5.91 Å². The number of hydrogen-bond acceptors (Lipinski definition) is 2. The van der Waals surface area contributed by atoms with Crippen LogP contribution in [0, 0.1) is 5.92 Å². The van der Waals surface area contributed by atoms with Crippen LogP contribution in [0.2, 0.25) is 0 Å². The number of hydrogen-bond donors (Lipinski definition) is 1. The lowest BCUT2D eigenvalue weighted by molar-refractivity contribution is -0.137. The third-order valence-electron chi connectivity index (χ3n) is 5.45. The maximum Gasteiger partial charge on any atom is 0.225 e. The van der Waals surface area contributed by atoms with Gasteiger partial charge in [-0.2, -0.15) is 0 Å². The first-order valence-electron chi connectivity index (χ1n) is 8.66. The Hall–Kier alpha value is -0.570. The highest BCUT2D eigenvalue weighted by Gasteiger charge is 2.29. The molecule has 2 aliphatic rings. The van der Waals surface area contributed by atoms with Gasteiger partial charge < -0.3 is 10.2 Å². The number of carbonyl (C=O) groups excluding carboxylic acids is 1. The van der Waals surface area contributed by atoms with Crippen LogP contribution < -0.4 is 5.32 Å². The highest BCUT2D eigenvalue weighted by atomic mass is 16.2. The summed E-state index contributed by atoms with van der Waals surface area (Å²) in [6.45, 7) is 0. The molecule has 3 heteroatoms. The normalized spacial score (nSPS) is 29.5. The van der Waals surface area contributed by atoms with Crippen molar-refractivity contribution in [2.45, 2.75) is 82.7 Å². The topological polar surface area (TPSA) is 32.3 Å². The van der Waals surface area contributed by atoms with Crippen LogP contribution in [0.3, 0.4) is 0 Å². The van der Waals surface area contributed by atoms with Crippen molar-refractivity contribution < 1.29 is 4.79 Å². The van der Waals surface area contributed by atoms with E-state index >= 15 is 0 Å². The molecule has 20 heavy (non-hydrogen) atoms. The van der Waals surface area contributed by atoms with Gasteiger partial charge in [0.15, 0.2) is 0 Å². The Balaban J connectivity index is 1.84. The van der Waals surface area contributed by atoms with Crippen LogP contribution >= 0.6 is 0 Å². The van der Waals surface area contributed by atoms with Gasteiger partial charge in [0, 0.05) is 25.0 Å². The predicted octanol–water partition coefficient (Wildman–Crippen LogP) is 3.34. The Labute approximate surface area is 124 Å². The van der Waals surface area contributed by atoms with E-state index in [1.54, 1.807) is 0 Å². The molecule has 0 saturated heterocycles. The molecule has 0 spiro atoms. The molecule has 0 aromatic carbocycles. The SMILES string of the molecule is CNC1CCC(N(C)C(=O)C2CCCCCCC2)CC1. The van der Waals surface area contributed by atoms with E-state index in [0.29, 0.717) is 23.9 Å². The quantitative estimate of drug-likeness (QED) is 0.860. The van der Waals surface area contributed by atoms with Crippen molar-refractivity contribution in [3.05, 3.63) is 0 Å². The third-order valence-corrected chi connectivity index (χ3v) is 5.45. The fourth-order valence-corrected chi connectivity index (χ4v) is 3.92. The minimum Gasteiger partial charge on any atom is -0.343 e. The van der Waals surface area contributed by atoms with E-state index < -0.39 is 0 Å². The van der Waals surface area contributed by atoms with E-state index in [2.05, 4.69) is 10.2 Å². The first-order chi connectivity index (χ1) is 9.72. The first kappa shape index (κ1) is 15.8. The monoisotopic (exact) mass is 280 g/mol. The maximum absolute atomic E-state index is 12.7. The van der Waals surface area contributed by atoms with Crippen LogP contribution in [0.15, 0.2) is 0 Å². The molecule has 2 rings (SSSR count). The summed E-state index contributed by atoms with van der Waals surface area (Å²) in [6, 6.07) is 1.15. The van der Waals surface area contributed by atoms with Crippen molar-refractivity contribution in [2.24, 2.45) is 5.92 Å². The second-order valence-corrected chi connectivity index (χ2v) is 6.79. The zero-order chi connectivity index (χ0) is 14.4. The molecule has 0 aliphatic heterocycles. The average Bonchev–Trinajstić information content (AvgIpc) is 2.46. The lowest BCUT2D eigenvalue weighted by Gasteiger charge is -2.36. The van der Waals surface area contributed by atoms with Gasteiger partial charge in [-0.3, -0.25) is 4.79 Å². The Bertz CT molecular complexity index is 289. The van der Waals surface area contributed by atoms with E-state index in [4.69, 9.17) is 0 Å². The fourth-order valence-electron chi connectivity index (χ4n) is 3.92.